The Bertz CT molecular complexity index is 479. The van der Waals surface area contributed by atoms with Gasteiger partial charge in [0.05, 0.1) is 23.4 Å². The molecule has 0 aromatic rings. The molecular formula is C16H31FN4O4S. The third-order valence-corrected chi connectivity index (χ3v) is 4.82. The van der Waals surface area contributed by atoms with Gasteiger partial charge in [-0.1, -0.05) is 27.7 Å². The summed E-state index contributed by atoms with van der Waals surface area (Å²) < 4.78 is 13.2. The van der Waals surface area contributed by atoms with Crippen LogP contribution >= 0.6 is 12.1 Å². The first kappa shape index (κ1) is 24.6. The van der Waals surface area contributed by atoms with Gasteiger partial charge >= 0.3 is 5.97 Å². The molecule has 152 valence electrons. The summed E-state index contributed by atoms with van der Waals surface area (Å²) in [7, 11) is 0. The van der Waals surface area contributed by atoms with E-state index in [1.165, 1.54) is 0 Å². The summed E-state index contributed by atoms with van der Waals surface area (Å²) in [6, 6.07) is -3.26. The van der Waals surface area contributed by atoms with Crippen molar-refractivity contribution in [3.05, 3.63) is 0 Å². The number of carboxylic acids is 1. The van der Waals surface area contributed by atoms with E-state index in [0.29, 0.717) is 6.42 Å². The molecule has 0 bridgehead atoms. The predicted molar refractivity (Wildman–Crippen MR) is 99.9 cm³/mol. The van der Waals surface area contributed by atoms with Crippen molar-refractivity contribution in [1.29, 1.82) is 0 Å². The fourth-order valence-electron chi connectivity index (χ4n) is 2.41. The van der Waals surface area contributed by atoms with Gasteiger partial charge in [-0.15, -0.1) is 0 Å². The van der Waals surface area contributed by atoms with Gasteiger partial charge in [-0.3, -0.25) is 9.59 Å². The summed E-state index contributed by atoms with van der Waals surface area (Å²) in [5, 5.41) is 13.2. The fourth-order valence-corrected chi connectivity index (χ4v) is 2.90. The molecular weight excluding hydrogens is 363 g/mol. The van der Waals surface area contributed by atoms with Crippen LogP contribution in [0.4, 0.5) is 3.89 Å². The molecule has 0 aliphatic heterocycles. The lowest BCUT2D eigenvalue weighted by Gasteiger charge is -2.27. The zero-order valence-corrected chi connectivity index (χ0v) is 16.5. The number of hydrogen-bond acceptors (Lipinski definition) is 6. The van der Waals surface area contributed by atoms with E-state index < -0.39 is 41.2 Å². The van der Waals surface area contributed by atoms with Crippen LogP contribution in [-0.2, 0) is 14.4 Å². The van der Waals surface area contributed by atoms with Crippen LogP contribution in [0.2, 0.25) is 0 Å². The van der Waals surface area contributed by atoms with Gasteiger partial charge in [0.15, 0.2) is 0 Å². The minimum atomic E-state index is -1.43. The number of hydrogen-bond donors (Lipinski definition) is 5. The lowest BCUT2D eigenvalue weighted by atomic mass is 10.0. The van der Waals surface area contributed by atoms with Gasteiger partial charge in [0.2, 0.25) is 11.8 Å². The Labute approximate surface area is 158 Å². The van der Waals surface area contributed by atoms with Gasteiger partial charge in [-0.25, -0.2) is 4.79 Å². The van der Waals surface area contributed by atoms with Crippen LogP contribution in [0.15, 0.2) is 0 Å². The number of rotatable bonds is 12. The predicted octanol–water partition coefficient (Wildman–Crippen LogP) is 0.405. The largest absolute Gasteiger partial charge is 0.480 e. The number of nitrogens with one attached hydrogen (secondary N) is 2. The van der Waals surface area contributed by atoms with Crippen molar-refractivity contribution in [3.63, 3.8) is 0 Å². The average molecular weight is 395 g/mol. The Kier molecular flexibility index (Phi) is 11.4. The molecule has 0 saturated heterocycles. The molecule has 0 aliphatic rings. The molecule has 0 spiro atoms. The summed E-state index contributed by atoms with van der Waals surface area (Å²) in [6.45, 7) is 7.23. The Morgan fingerprint density at radius 3 is 2.08 bits per heavy atom. The molecule has 0 aromatic carbocycles. The van der Waals surface area contributed by atoms with Crippen molar-refractivity contribution in [2.75, 3.05) is 6.54 Å². The van der Waals surface area contributed by atoms with Gasteiger partial charge in [-0.2, -0.15) is 3.89 Å². The molecule has 0 radical (unpaired) electrons. The van der Waals surface area contributed by atoms with Crippen LogP contribution in [-0.4, -0.2) is 52.8 Å². The van der Waals surface area contributed by atoms with Crippen molar-refractivity contribution < 1.29 is 23.4 Å². The van der Waals surface area contributed by atoms with Crippen LogP contribution in [0.5, 0.6) is 0 Å². The van der Waals surface area contributed by atoms with E-state index >= 15 is 0 Å². The molecule has 0 rings (SSSR count). The molecule has 0 saturated carbocycles. The van der Waals surface area contributed by atoms with Gasteiger partial charge in [0, 0.05) is 0 Å². The van der Waals surface area contributed by atoms with Crippen molar-refractivity contribution in [2.45, 2.75) is 63.9 Å². The quantitative estimate of drug-likeness (QED) is 0.322. The third kappa shape index (κ3) is 8.33. The van der Waals surface area contributed by atoms with E-state index in [2.05, 4.69) is 10.6 Å². The number of carbonyl (C=O) groups excluding carboxylic acids is 2. The number of carbonyl (C=O) groups is 3. The molecule has 1 unspecified atom stereocenters. The van der Waals surface area contributed by atoms with E-state index in [4.69, 9.17) is 11.5 Å². The van der Waals surface area contributed by atoms with Crippen molar-refractivity contribution in [3.8, 4) is 0 Å². The smallest absolute Gasteiger partial charge is 0.327 e. The highest BCUT2D eigenvalue weighted by Gasteiger charge is 2.35. The maximum atomic E-state index is 13.2. The van der Waals surface area contributed by atoms with Crippen LogP contribution in [0.3, 0.4) is 0 Å². The van der Waals surface area contributed by atoms with Gasteiger partial charge in [-0.05, 0) is 31.2 Å². The zero-order chi connectivity index (χ0) is 20.4. The standard InChI is InChI=1S/C16H31FN4O4S/c1-8(2)7-10(19)14(22)20-11(5-6-18)15(23)21-12(16(24)25)13(26-17)9(3)4/h8-13H,5-7,18-19H2,1-4H3,(H,20,22)(H,21,23)(H,24,25)/t10-,11-,12-,13?/m0/s1. The van der Waals surface area contributed by atoms with Crippen LogP contribution in [0.1, 0.15) is 40.5 Å². The summed E-state index contributed by atoms with van der Waals surface area (Å²) in [6.07, 6.45) is 0.544. The molecule has 0 heterocycles. The molecule has 2 amide bonds. The first-order chi connectivity index (χ1) is 12.0. The molecule has 10 heteroatoms. The molecule has 4 atom stereocenters. The van der Waals surface area contributed by atoms with Gasteiger partial charge < -0.3 is 27.2 Å². The molecule has 0 aromatic heterocycles. The molecule has 8 nitrogen and oxygen atoms in total. The lowest BCUT2D eigenvalue weighted by molar-refractivity contribution is -0.142. The van der Waals surface area contributed by atoms with Gasteiger partial charge in [0.1, 0.15) is 12.1 Å². The van der Waals surface area contributed by atoms with E-state index in [-0.39, 0.29) is 36.9 Å². The lowest BCUT2D eigenvalue weighted by Crippen LogP contribution is -2.57. The maximum Gasteiger partial charge on any atom is 0.327 e. The van der Waals surface area contributed by atoms with E-state index in [0.717, 1.165) is 0 Å². The number of halogens is 1. The van der Waals surface area contributed by atoms with Crippen LogP contribution in [0.25, 0.3) is 0 Å². The Morgan fingerprint density at radius 2 is 1.69 bits per heavy atom. The topological polar surface area (TPSA) is 148 Å². The van der Waals surface area contributed by atoms with Crippen molar-refractivity contribution in [2.24, 2.45) is 23.3 Å². The Morgan fingerprint density at radius 1 is 1.12 bits per heavy atom. The average Bonchev–Trinajstić information content (AvgIpc) is 2.52. The third-order valence-electron chi connectivity index (χ3n) is 3.80. The number of aliphatic carboxylic acids is 1. The Hall–Kier alpha value is -1.39. The first-order valence-corrected chi connectivity index (χ1v) is 9.39. The van der Waals surface area contributed by atoms with E-state index in [1.807, 2.05) is 13.8 Å². The SMILES string of the molecule is CC(C)C[C@H](N)C(=O)N[C@@H](CCN)C(=O)N[C@H](C(=O)O)C(SF)C(C)C. The highest BCUT2D eigenvalue weighted by Crippen LogP contribution is 2.24. The van der Waals surface area contributed by atoms with Crippen molar-refractivity contribution in [1.82, 2.24) is 10.6 Å². The summed E-state index contributed by atoms with van der Waals surface area (Å²) >= 11 is -0.120. The highest BCUT2D eigenvalue weighted by molar-refractivity contribution is 7.95. The molecule has 0 aliphatic carbocycles. The molecule has 0 fully saturated rings. The second kappa shape index (κ2) is 12.1. The highest BCUT2D eigenvalue weighted by atomic mass is 32.2. The minimum absolute atomic E-state index is 0.0982. The summed E-state index contributed by atoms with van der Waals surface area (Å²) in [5.74, 6) is -2.72. The maximum absolute atomic E-state index is 13.2. The first-order valence-electron chi connectivity index (χ1n) is 8.61. The normalized spacial score (nSPS) is 16.0. The van der Waals surface area contributed by atoms with E-state index in [1.54, 1.807) is 13.8 Å². The monoisotopic (exact) mass is 394 g/mol. The number of nitrogens with two attached hydrogens (primary N) is 2. The fraction of sp³-hybridized carbons (Fsp3) is 0.812. The summed E-state index contributed by atoms with van der Waals surface area (Å²) in [4.78, 5) is 36.0. The van der Waals surface area contributed by atoms with E-state index in [9.17, 15) is 23.4 Å². The summed E-state index contributed by atoms with van der Waals surface area (Å²) in [5.41, 5.74) is 11.3. The second-order valence-electron chi connectivity index (χ2n) is 7.00. The number of amides is 2. The number of carboxylic acid groups (broad SMARTS) is 1. The molecule has 26 heavy (non-hydrogen) atoms. The Balaban J connectivity index is 5.14. The van der Waals surface area contributed by atoms with Crippen molar-refractivity contribution >= 4 is 29.9 Å². The van der Waals surface area contributed by atoms with Crippen LogP contribution < -0.4 is 22.1 Å². The molecule has 7 N–H and O–H groups in total. The second-order valence-corrected chi connectivity index (χ2v) is 7.72. The van der Waals surface area contributed by atoms with Gasteiger partial charge in [0.25, 0.3) is 0 Å². The zero-order valence-electron chi connectivity index (χ0n) is 15.7. The van der Waals surface area contributed by atoms with Crippen LogP contribution in [0, 0.1) is 11.8 Å². The minimum Gasteiger partial charge on any atom is -0.480 e.